The first kappa shape index (κ1) is 21.4. The summed E-state index contributed by atoms with van der Waals surface area (Å²) in [6, 6.07) is 0. The molecule has 0 aromatic carbocycles. The van der Waals surface area contributed by atoms with Crippen LogP contribution in [0.15, 0.2) is 4.99 Å². The van der Waals surface area contributed by atoms with Crippen LogP contribution in [0.1, 0.15) is 19.8 Å². The molecule has 0 bridgehead atoms. The van der Waals surface area contributed by atoms with Crippen LogP contribution in [-0.2, 0) is 14.3 Å². The minimum absolute atomic E-state index is 0. The molecule has 7 nitrogen and oxygen atoms in total. The first-order valence-corrected chi connectivity index (χ1v) is 7.64. The van der Waals surface area contributed by atoms with Crippen LogP contribution in [0.3, 0.4) is 0 Å². The highest BCUT2D eigenvalue weighted by atomic mass is 127. The summed E-state index contributed by atoms with van der Waals surface area (Å²) in [6.45, 7) is 7.08. The lowest BCUT2D eigenvalue weighted by atomic mass is 10.4. The Hall–Kier alpha value is -0.610. The SMILES string of the molecule is CCNC(=NCC(=O)N1CCCC1)NCCOCCOC.I. The first-order valence-electron chi connectivity index (χ1n) is 7.64. The van der Waals surface area contributed by atoms with E-state index in [1.54, 1.807) is 7.11 Å². The van der Waals surface area contributed by atoms with Gasteiger partial charge in [0.25, 0.3) is 0 Å². The van der Waals surface area contributed by atoms with E-state index in [2.05, 4.69) is 15.6 Å². The molecule has 0 atom stereocenters. The Balaban J connectivity index is 0.00000441. The minimum Gasteiger partial charge on any atom is -0.382 e. The van der Waals surface area contributed by atoms with Crippen LogP contribution in [0.25, 0.3) is 0 Å². The Morgan fingerprint density at radius 2 is 1.91 bits per heavy atom. The third kappa shape index (κ3) is 9.42. The fourth-order valence-corrected chi connectivity index (χ4v) is 2.04. The summed E-state index contributed by atoms with van der Waals surface area (Å²) in [5, 5.41) is 6.26. The number of hydrogen-bond donors (Lipinski definition) is 2. The third-order valence-corrected chi connectivity index (χ3v) is 3.15. The van der Waals surface area contributed by atoms with Crippen molar-refractivity contribution in [1.82, 2.24) is 15.5 Å². The van der Waals surface area contributed by atoms with E-state index in [4.69, 9.17) is 9.47 Å². The zero-order chi connectivity index (χ0) is 15.3. The Bertz CT molecular complexity index is 323. The number of methoxy groups -OCH3 is 1. The third-order valence-electron chi connectivity index (χ3n) is 3.15. The molecule has 130 valence electrons. The van der Waals surface area contributed by atoms with Gasteiger partial charge in [0.2, 0.25) is 5.91 Å². The van der Waals surface area contributed by atoms with Gasteiger partial charge >= 0.3 is 0 Å². The number of halogens is 1. The van der Waals surface area contributed by atoms with Gasteiger partial charge in [0.1, 0.15) is 6.54 Å². The van der Waals surface area contributed by atoms with E-state index in [1.807, 2.05) is 11.8 Å². The van der Waals surface area contributed by atoms with Gasteiger partial charge in [-0.3, -0.25) is 4.79 Å². The number of guanidine groups is 1. The van der Waals surface area contributed by atoms with Gasteiger partial charge in [-0.25, -0.2) is 4.99 Å². The Labute approximate surface area is 150 Å². The molecule has 0 saturated carbocycles. The predicted octanol–water partition coefficient (Wildman–Crippen LogP) is 0.445. The Morgan fingerprint density at radius 3 is 2.55 bits per heavy atom. The molecule has 1 fully saturated rings. The van der Waals surface area contributed by atoms with Crippen LogP contribution in [0.2, 0.25) is 0 Å². The fraction of sp³-hybridized carbons (Fsp3) is 0.857. The second kappa shape index (κ2) is 14.0. The summed E-state index contributed by atoms with van der Waals surface area (Å²) in [5.74, 6) is 0.751. The van der Waals surface area contributed by atoms with Crippen LogP contribution in [-0.4, -0.2) is 76.4 Å². The highest BCUT2D eigenvalue weighted by Gasteiger charge is 2.17. The van der Waals surface area contributed by atoms with Crippen molar-refractivity contribution < 1.29 is 14.3 Å². The van der Waals surface area contributed by atoms with E-state index < -0.39 is 0 Å². The number of likely N-dealkylation sites (tertiary alicyclic amines) is 1. The number of amides is 1. The molecule has 8 heteroatoms. The van der Waals surface area contributed by atoms with Crippen molar-refractivity contribution in [3.8, 4) is 0 Å². The summed E-state index contributed by atoms with van der Waals surface area (Å²) in [6.07, 6.45) is 2.21. The summed E-state index contributed by atoms with van der Waals surface area (Å²) < 4.78 is 10.3. The van der Waals surface area contributed by atoms with E-state index in [1.165, 1.54) is 0 Å². The summed E-state index contributed by atoms with van der Waals surface area (Å²) in [4.78, 5) is 18.1. The molecular weight excluding hydrogens is 399 g/mol. The molecule has 0 spiro atoms. The number of carbonyl (C=O) groups excluding carboxylic acids is 1. The quantitative estimate of drug-likeness (QED) is 0.241. The van der Waals surface area contributed by atoms with E-state index in [0.717, 1.165) is 32.5 Å². The molecule has 22 heavy (non-hydrogen) atoms. The highest BCUT2D eigenvalue weighted by Crippen LogP contribution is 2.07. The predicted molar refractivity (Wildman–Crippen MR) is 97.9 cm³/mol. The lowest BCUT2D eigenvalue weighted by molar-refractivity contribution is -0.128. The van der Waals surface area contributed by atoms with Crippen molar-refractivity contribution in [2.45, 2.75) is 19.8 Å². The van der Waals surface area contributed by atoms with Gasteiger partial charge in [-0.05, 0) is 19.8 Å². The van der Waals surface area contributed by atoms with Gasteiger partial charge in [0.05, 0.1) is 19.8 Å². The maximum Gasteiger partial charge on any atom is 0.244 e. The van der Waals surface area contributed by atoms with Crippen molar-refractivity contribution >= 4 is 35.8 Å². The number of nitrogens with zero attached hydrogens (tertiary/aromatic N) is 2. The molecule has 1 heterocycles. The number of carbonyl (C=O) groups is 1. The van der Waals surface area contributed by atoms with Gasteiger partial charge in [-0.15, -0.1) is 24.0 Å². The average Bonchev–Trinajstić information content (AvgIpc) is 3.02. The zero-order valence-electron chi connectivity index (χ0n) is 13.6. The van der Waals surface area contributed by atoms with E-state index in [-0.39, 0.29) is 36.4 Å². The molecule has 0 radical (unpaired) electrons. The highest BCUT2D eigenvalue weighted by molar-refractivity contribution is 14.0. The molecule has 0 unspecified atom stereocenters. The molecule has 1 aliphatic rings. The number of ether oxygens (including phenoxy) is 2. The Kier molecular flexibility index (Phi) is 13.6. The van der Waals surface area contributed by atoms with Crippen molar-refractivity contribution in [3.63, 3.8) is 0 Å². The van der Waals surface area contributed by atoms with Gasteiger partial charge in [0, 0.05) is 33.3 Å². The lowest BCUT2D eigenvalue weighted by Gasteiger charge is -2.15. The first-order chi connectivity index (χ1) is 10.3. The number of hydrogen-bond acceptors (Lipinski definition) is 4. The Morgan fingerprint density at radius 1 is 1.18 bits per heavy atom. The van der Waals surface area contributed by atoms with E-state index >= 15 is 0 Å². The van der Waals surface area contributed by atoms with Gasteiger partial charge < -0.3 is 25.0 Å². The van der Waals surface area contributed by atoms with E-state index in [0.29, 0.717) is 32.3 Å². The fourth-order valence-electron chi connectivity index (χ4n) is 2.04. The molecule has 1 rings (SSSR count). The largest absolute Gasteiger partial charge is 0.382 e. The van der Waals surface area contributed by atoms with Gasteiger partial charge in [0.15, 0.2) is 5.96 Å². The number of aliphatic imine (C=N–C) groups is 1. The summed E-state index contributed by atoms with van der Waals surface area (Å²) in [7, 11) is 1.65. The molecule has 1 amide bonds. The van der Waals surface area contributed by atoms with Crippen molar-refractivity contribution in [2.75, 3.05) is 59.7 Å². The second-order valence-electron chi connectivity index (χ2n) is 4.82. The standard InChI is InChI=1S/C14H28N4O3.HI/c1-3-15-14(16-6-9-21-11-10-20-2)17-12-13(19)18-7-4-5-8-18;/h3-12H2,1-2H3,(H2,15,16,17);1H. The monoisotopic (exact) mass is 428 g/mol. The van der Waals surface area contributed by atoms with Crippen LogP contribution < -0.4 is 10.6 Å². The lowest BCUT2D eigenvalue weighted by Crippen LogP contribution is -2.40. The number of rotatable bonds is 9. The van der Waals surface area contributed by atoms with Crippen LogP contribution >= 0.6 is 24.0 Å². The van der Waals surface area contributed by atoms with Gasteiger partial charge in [-0.1, -0.05) is 0 Å². The normalized spacial score (nSPS) is 14.6. The van der Waals surface area contributed by atoms with Crippen molar-refractivity contribution in [1.29, 1.82) is 0 Å². The second-order valence-corrected chi connectivity index (χ2v) is 4.82. The number of nitrogens with one attached hydrogen (secondary N) is 2. The molecular formula is C14H29IN4O3. The van der Waals surface area contributed by atoms with Crippen LogP contribution in [0.4, 0.5) is 0 Å². The average molecular weight is 428 g/mol. The molecule has 0 aromatic heterocycles. The van der Waals surface area contributed by atoms with Crippen molar-refractivity contribution in [3.05, 3.63) is 0 Å². The zero-order valence-corrected chi connectivity index (χ0v) is 15.9. The molecule has 0 aliphatic carbocycles. The molecule has 0 aromatic rings. The maximum absolute atomic E-state index is 11.9. The molecule has 1 aliphatic heterocycles. The minimum atomic E-state index is 0. The van der Waals surface area contributed by atoms with Crippen molar-refractivity contribution in [2.24, 2.45) is 4.99 Å². The van der Waals surface area contributed by atoms with E-state index in [9.17, 15) is 4.79 Å². The molecule has 1 saturated heterocycles. The van der Waals surface area contributed by atoms with Gasteiger partial charge in [-0.2, -0.15) is 0 Å². The van der Waals surface area contributed by atoms with Crippen LogP contribution in [0, 0.1) is 0 Å². The topological polar surface area (TPSA) is 75.2 Å². The summed E-state index contributed by atoms with van der Waals surface area (Å²) in [5.41, 5.74) is 0. The van der Waals surface area contributed by atoms with Crippen LogP contribution in [0.5, 0.6) is 0 Å². The molecule has 2 N–H and O–H groups in total. The smallest absolute Gasteiger partial charge is 0.244 e. The maximum atomic E-state index is 11.9. The summed E-state index contributed by atoms with van der Waals surface area (Å²) >= 11 is 0.